The SMILES string of the molecule is COc1cc(NS(C)(=O)=O)ccc1S(N)(=O)=O. The van der Waals surface area contributed by atoms with E-state index >= 15 is 0 Å². The van der Waals surface area contributed by atoms with E-state index in [0.29, 0.717) is 0 Å². The van der Waals surface area contributed by atoms with Gasteiger partial charge in [-0.3, -0.25) is 4.72 Å². The lowest BCUT2D eigenvalue weighted by atomic mass is 10.3. The van der Waals surface area contributed by atoms with Crippen LogP contribution >= 0.6 is 0 Å². The molecule has 1 rings (SSSR count). The number of nitrogens with one attached hydrogen (secondary N) is 1. The van der Waals surface area contributed by atoms with E-state index in [-0.39, 0.29) is 16.3 Å². The Labute approximate surface area is 99.7 Å². The third kappa shape index (κ3) is 3.88. The Hall–Kier alpha value is -1.32. The molecule has 17 heavy (non-hydrogen) atoms. The lowest BCUT2D eigenvalue weighted by Gasteiger charge is -2.09. The van der Waals surface area contributed by atoms with Gasteiger partial charge in [0.05, 0.1) is 19.1 Å². The van der Waals surface area contributed by atoms with Crippen molar-refractivity contribution >= 4 is 25.7 Å². The Morgan fingerprint density at radius 1 is 1.24 bits per heavy atom. The van der Waals surface area contributed by atoms with Crippen LogP contribution in [0.3, 0.4) is 0 Å². The normalized spacial score (nSPS) is 12.2. The standard InChI is InChI=1S/C8H12N2O5S2/c1-15-7-5-6(10-16(2,11)12)3-4-8(7)17(9,13)14/h3-5,10H,1-2H3,(H2,9,13,14). The average molecular weight is 280 g/mol. The monoisotopic (exact) mass is 280 g/mol. The lowest BCUT2D eigenvalue weighted by Crippen LogP contribution is -2.14. The van der Waals surface area contributed by atoms with E-state index in [1.165, 1.54) is 25.3 Å². The summed E-state index contributed by atoms with van der Waals surface area (Å²) in [6, 6.07) is 3.69. The van der Waals surface area contributed by atoms with E-state index < -0.39 is 20.0 Å². The van der Waals surface area contributed by atoms with Gasteiger partial charge in [0.25, 0.3) is 0 Å². The van der Waals surface area contributed by atoms with Crippen molar-refractivity contribution in [3.05, 3.63) is 18.2 Å². The molecule has 0 aromatic heterocycles. The van der Waals surface area contributed by atoms with Crippen LogP contribution in [0.2, 0.25) is 0 Å². The first-order chi connectivity index (χ1) is 7.63. The van der Waals surface area contributed by atoms with Crippen LogP contribution in [-0.4, -0.2) is 30.2 Å². The zero-order chi connectivity index (χ0) is 13.3. The molecule has 9 heteroatoms. The summed E-state index contributed by atoms with van der Waals surface area (Å²) in [6.07, 6.45) is 0.979. The molecule has 1 aromatic carbocycles. The quantitative estimate of drug-likeness (QED) is 0.786. The molecule has 0 fully saturated rings. The summed E-state index contributed by atoms with van der Waals surface area (Å²) < 4.78 is 51.3. The Morgan fingerprint density at radius 3 is 2.24 bits per heavy atom. The van der Waals surface area contributed by atoms with E-state index in [1.54, 1.807) is 0 Å². The predicted molar refractivity (Wildman–Crippen MR) is 62.8 cm³/mol. The largest absolute Gasteiger partial charge is 0.495 e. The summed E-state index contributed by atoms with van der Waals surface area (Å²) in [7, 11) is -6.09. The number of rotatable bonds is 4. The molecule has 0 atom stereocenters. The maximum Gasteiger partial charge on any atom is 0.241 e. The number of benzene rings is 1. The van der Waals surface area contributed by atoms with Gasteiger partial charge in [-0.15, -0.1) is 0 Å². The van der Waals surface area contributed by atoms with Crippen molar-refractivity contribution in [2.45, 2.75) is 4.90 Å². The number of hydrogen-bond donors (Lipinski definition) is 2. The molecule has 0 saturated carbocycles. The van der Waals surface area contributed by atoms with Gasteiger partial charge in [0, 0.05) is 6.07 Å². The Kier molecular flexibility index (Phi) is 3.65. The van der Waals surface area contributed by atoms with Gasteiger partial charge in [-0.1, -0.05) is 0 Å². The van der Waals surface area contributed by atoms with Crippen molar-refractivity contribution in [2.75, 3.05) is 18.1 Å². The lowest BCUT2D eigenvalue weighted by molar-refractivity contribution is 0.403. The van der Waals surface area contributed by atoms with Gasteiger partial charge >= 0.3 is 0 Å². The van der Waals surface area contributed by atoms with Gasteiger partial charge in [-0.05, 0) is 12.1 Å². The molecular weight excluding hydrogens is 268 g/mol. The number of sulfonamides is 2. The van der Waals surface area contributed by atoms with Crippen molar-refractivity contribution in [2.24, 2.45) is 5.14 Å². The van der Waals surface area contributed by atoms with Crippen molar-refractivity contribution in [1.29, 1.82) is 0 Å². The molecular formula is C8H12N2O5S2. The molecule has 96 valence electrons. The zero-order valence-corrected chi connectivity index (χ0v) is 10.8. The van der Waals surface area contributed by atoms with Crippen LogP contribution in [0.4, 0.5) is 5.69 Å². The van der Waals surface area contributed by atoms with Crippen molar-refractivity contribution in [3.63, 3.8) is 0 Å². The highest BCUT2D eigenvalue weighted by molar-refractivity contribution is 7.92. The van der Waals surface area contributed by atoms with Gasteiger partial charge in [0.15, 0.2) is 0 Å². The van der Waals surface area contributed by atoms with Gasteiger partial charge in [-0.2, -0.15) is 0 Å². The molecule has 0 aliphatic rings. The van der Waals surface area contributed by atoms with Crippen LogP contribution in [0.25, 0.3) is 0 Å². The van der Waals surface area contributed by atoms with E-state index in [1.807, 2.05) is 0 Å². The van der Waals surface area contributed by atoms with Crippen LogP contribution in [0.1, 0.15) is 0 Å². The molecule has 0 bridgehead atoms. The molecule has 1 aromatic rings. The maximum atomic E-state index is 11.2. The second-order valence-electron chi connectivity index (χ2n) is 3.28. The zero-order valence-electron chi connectivity index (χ0n) is 9.17. The molecule has 3 N–H and O–H groups in total. The first kappa shape index (κ1) is 13.7. The summed E-state index contributed by atoms with van der Waals surface area (Å²) in [5, 5.41) is 4.96. The van der Waals surface area contributed by atoms with E-state index in [9.17, 15) is 16.8 Å². The summed E-state index contributed by atoms with van der Waals surface area (Å²) in [4.78, 5) is -0.209. The molecule has 0 aliphatic heterocycles. The summed E-state index contributed by atoms with van der Waals surface area (Å²) in [6.45, 7) is 0. The second kappa shape index (κ2) is 4.51. The molecule has 0 amide bonds. The van der Waals surface area contributed by atoms with Gasteiger partial charge in [0.1, 0.15) is 10.6 Å². The fourth-order valence-corrected chi connectivity index (χ4v) is 2.42. The van der Waals surface area contributed by atoms with Crippen molar-refractivity contribution in [1.82, 2.24) is 0 Å². The fourth-order valence-electron chi connectivity index (χ4n) is 1.18. The van der Waals surface area contributed by atoms with E-state index in [2.05, 4.69) is 4.72 Å². The molecule has 0 aliphatic carbocycles. The smallest absolute Gasteiger partial charge is 0.241 e. The first-order valence-corrected chi connectivity index (χ1v) is 7.76. The highest BCUT2D eigenvalue weighted by Gasteiger charge is 2.15. The summed E-state index contributed by atoms with van der Waals surface area (Å²) >= 11 is 0. The predicted octanol–water partition coefficient (Wildman–Crippen LogP) is -0.286. The Morgan fingerprint density at radius 2 is 1.82 bits per heavy atom. The fraction of sp³-hybridized carbons (Fsp3) is 0.250. The molecule has 0 heterocycles. The van der Waals surface area contributed by atoms with E-state index in [4.69, 9.17) is 9.88 Å². The van der Waals surface area contributed by atoms with E-state index in [0.717, 1.165) is 6.26 Å². The minimum absolute atomic E-state index is 0.0267. The first-order valence-electron chi connectivity index (χ1n) is 4.32. The van der Waals surface area contributed by atoms with Gasteiger partial charge in [-0.25, -0.2) is 22.0 Å². The van der Waals surface area contributed by atoms with Crippen LogP contribution in [-0.2, 0) is 20.0 Å². The van der Waals surface area contributed by atoms with Crippen LogP contribution in [0.15, 0.2) is 23.1 Å². The Balaban J connectivity index is 3.28. The van der Waals surface area contributed by atoms with Crippen molar-refractivity contribution in [3.8, 4) is 5.75 Å². The molecule has 0 spiro atoms. The van der Waals surface area contributed by atoms with Crippen LogP contribution in [0, 0.1) is 0 Å². The second-order valence-corrected chi connectivity index (χ2v) is 6.56. The number of hydrogen-bond acceptors (Lipinski definition) is 5. The number of methoxy groups -OCH3 is 1. The number of ether oxygens (including phenoxy) is 1. The van der Waals surface area contributed by atoms with Crippen LogP contribution in [0.5, 0.6) is 5.75 Å². The third-order valence-corrected chi connectivity index (χ3v) is 3.33. The average Bonchev–Trinajstić information content (AvgIpc) is 2.13. The minimum atomic E-state index is -3.91. The Bertz CT molecular complexity index is 621. The van der Waals surface area contributed by atoms with Crippen molar-refractivity contribution < 1.29 is 21.6 Å². The molecule has 0 radical (unpaired) electrons. The van der Waals surface area contributed by atoms with Gasteiger partial charge in [0.2, 0.25) is 20.0 Å². The molecule has 0 unspecified atom stereocenters. The molecule has 7 nitrogen and oxygen atoms in total. The highest BCUT2D eigenvalue weighted by atomic mass is 32.2. The molecule has 0 saturated heterocycles. The topological polar surface area (TPSA) is 116 Å². The summed E-state index contributed by atoms with van der Waals surface area (Å²) in [5.74, 6) is -0.0267. The minimum Gasteiger partial charge on any atom is -0.495 e. The highest BCUT2D eigenvalue weighted by Crippen LogP contribution is 2.26. The van der Waals surface area contributed by atoms with Gasteiger partial charge < -0.3 is 4.74 Å². The maximum absolute atomic E-state index is 11.2. The third-order valence-electron chi connectivity index (χ3n) is 1.77. The van der Waals surface area contributed by atoms with Crippen LogP contribution < -0.4 is 14.6 Å². The summed E-state index contributed by atoms with van der Waals surface area (Å²) in [5.41, 5.74) is 0.191. The number of anilines is 1. The number of nitrogens with two attached hydrogens (primary N) is 1. The number of primary sulfonamides is 1.